The van der Waals surface area contributed by atoms with Gasteiger partial charge < -0.3 is 14.2 Å². The van der Waals surface area contributed by atoms with Gasteiger partial charge in [-0.05, 0) is 109 Å². The molecular formula is C60H100O6. The molecule has 0 amide bonds. The van der Waals surface area contributed by atoms with Crippen molar-refractivity contribution in [2.24, 2.45) is 0 Å². The number of ether oxygens (including phenoxy) is 3. The van der Waals surface area contributed by atoms with E-state index in [1.807, 2.05) is 0 Å². The fourth-order valence-corrected chi connectivity index (χ4v) is 7.27. The van der Waals surface area contributed by atoms with Gasteiger partial charge in [0.15, 0.2) is 6.10 Å². The van der Waals surface area contributed by atoms with Crippen molar-refractivity contribution in [1.29, 1.82) is 0 Å². The molecule has 1 atom stereocenters. The zero-order valence-corrected chi connectivity index (χ0v) is 42.9. The Balaban J connectivity index is 4.42. The predicted molar refractivity (Wildman–Crippen MR) is 284 cm³/mol. The molecule has 0 saturated carbocycles. The van der Waals surface area contributed by atoms with Crippen LogP contribution < -0.4 is 0 Å². The van der Waals surface area contributed by atoms with Crippen molar-refractivity contribution in [3.63, 3.8) is 0 Å². The Bertz CT molecular complexity index is 1330. The summed E-state index contributed by atoms with van der Waals surface area (Å²) >= 11 is 0. The minimum Gasteiger partial charge on any atom is -0.462 e. The lowest BCUT2D eigenvalue weighted by atomic mass is 10.1. The van der Waals surface area contributed by atoms with Crippen LogP contribution in [0.2, 0.25) is 0 Å². The summed E-state index contributed by atoms with van der Waals surface area (Å²) in [6, 6.07) is 0. The van der Waals surface area contributed by atoms with Gasteiger partial charge in [0.1, 0.15) is 13.2 Å². The molecule has 0 spiro atoms. The highest BCUT2D eigenvalue weighted by Crippen LogP contribution is 2.14. The molecule has 1 unspecified atom stereocenters. The highest BCUT2D eigenvalue weighted by molar-refractivity contribution is 5.71. The highest BCUT2D eigenvalue weighted by Gasteiger charge is 2.19. The van der Waals surface area contributed by atoms with Gasteiger partial charge in [0.2, 0.25) is 0 Å². The molecule has 6 nitrogen and oxygen atoms in total. The standard InChI is InChI=1S/C60H100O6/c1-4-7-10-13-16-19-22-24-26-28-30-32-33-35-38-41-44-47-50-53-59(62)65-56-57(55-64-58(61)52-49-46-43-40-37-21-18-15-12-9-6-3)66-60(63)54-51-48-45-42-39-36-34-31-29-27-25-23-20-17-14-11-8-5-2/h7,9-10,12,16,18-19,21,24,26,30-32,34,40,43,57H,4-6,8,11,13-15,17,20,22-23,25,27-29,33,35-39,41-42,44-56H2,1-3H3/b10-7-,12-9-,19-16-,21-18-,26-24-,32-30-,34-31-,43-40-. The van der Waals surface area contributed by atoms with E-state index in [9.17, 15) is 14.4 Å². The highest BCUT2D eigenvalue weighted by atomic mass is 16.6. The first-order chi connectivity index (χ1) is 32.5. The molecule has 0 bridgehead atoms. The van der Waals surface area contributed by atoms with Gasteiger partial charge in [0.25, 0.3) is 0 Å². The van der Waals surface area contributed by atoms with Crippen LogP contribution in [-0.4, -0.2) is 37.2 Å². The summed E-state index contributed by atoms with van der Waals surface area (Å²) < 4.78 is 16.8. The number of esters is 3. The lowest BCUT2D eigenvalue weighted by Crippen LogP contribution is -2.30. The van der Waals surface area contributed by atoms with Gasteiger partial charge in [-0.25, -0.2) is 0 Å². The van der Waals surface area contributed by atoms with E-state index >= 15 is 0 Å². The SMILES string of the molecule is CC/C=C\C/C=C\C/C=C\C/C=C\CCCCCCCCC(=O)OCC(COC(=O)CCC/C=C\C/C=C\C/C=C\CC)OC(=O)CCCCCCC/C=C\CCCCCCCCCCC. The largest absolute Gasteiger partial charge is 0.462 e. The number of carbonyl (C=O) groups is 3. The van der Waals surface area contributed by atoms with Gasteiger partial charge >= 0.3 is 17.9 Å². The number of unbranched alkanes of at least 4 members (excludes halogenated alkanes) is 21. The summed E-state index contributed by atoms with van der Waals surface area (Å²) in [5.41, 5.74) is 0. The Hall–Kier alpha value is -3.67. The zero-order valence-electron chi connectivity index (χ0n) is 42.9. The predicted octanol–water partition coefficient (Wildman–Crippen LogP) is 18.1. The van der Waals surface area contributed by atoms with Crippen LogP contribution in [-0.2, 0) is 28.6 Å². The first kappa shape index (κ1) is 62.3. The van der Waals surface area contributed by atoms with Crippen molar-refractivity contribution in [2.75, 3.05) is 13.2 Å². The fraction of sp³-hybridized carbons (Fsp3) is 0.683. The summed E-state index contributed by atoms with van der Waals surface area (Å²) in [4.78, 5) is 38.0. The summed E-state index contributed by atoms with van der Waals surface area (Å²) in [5.74, 6) is -0.983. The second kappa shape index (κ2) is 53.9. The van der Waals surface area contributed by atoms with Gasteiger partial charge in [-0.1, -0.05) is 214 Å². The van der Waals surface area contributed by atoms with Crippen LogP contribution in [0.5, 0.6) is 0 Å². The molecule has 0 aromatic rings. The topological polar surface area (TPSA) is 78.9 Å². The number of hydrogen-bond donors (Lipinski definition) is 0. The Kier molecular flexibility index (Phi) is 50.9. The van der Waals surface area contributed by atoms with Gasteiger partial charge in [0, 0.05) is 19.3 Å². The van der Waals surface area contributed by atoms with Gasteiger partial charge in [-0.15, -0.1) is 0 Å². The van der Waals surface area contributed by atoms with E-state index in [4.69, 9.17) is 14.2 Å². The van der Waals surface area contributed by atoms with Crippen molar-refractivity contribution in [1.82, 2.24) is 0 Å². The van der Waals surface area contributed by atoms with Gasteiger partial charge in [-0.2, -0.15) is 0 Å². The van der Waals surface area contributed by atoms with Crippen LogP contribution in [0.25, 0.3) is 0 Å². The molecule has 0 saturated heterocycles. The summed E-state index contributed by atoms with van der Waals surface area (Å²) in [6.07, 6.45) is 71.2. The Labute approximate surface area is 407 Å². The second-order valence-corrected chi connectivity index (χ2v) is 17.7. The average molecular weight is 917 g/mol. The van der Waals surface area contributed by atoms with Crippen LogP contribution in [0.3, 0.4) is 0 Å². The van der Waals surface area contributed by atoms with Crippen molar-refractivity contribution in [2.45, 2.75) is 252 Å². The minimum atomic E-state index is -0.809. The molecule has 0 aromatic carbocycles. The van der Waals surface area contributed by atoms with E-state index in [1.165, 1.54) is 83.5 Å². The maximum absolute atomic E-state index is 12.8. The normalized spacial score (nSPS) is 12.8. The third-order valence-electron chi connectivity index (χ3n) is 11.3. The average Bonchev–Trinajstić information content (AvgIpc) is 3.31. The Morgan fingerprint density at radius 2 is 0.606 bits per heavy atom. The molecule has 0 heterocycles. The second-order valence-electron chi connectivity index (χ2n) is 17.7. The number of hydrogen-bond acceptors (Lipinski definition) is 6. The zero-order chi connectivity index (χ0) is 47.9. The molecule has 376 valence electrons. The van der Waals surface area contributed by atoms with E-state index in [2.05, 4.69) is 118 Å². The summed E-state index contributed by atoms with van der Waals surface area (Å²) in [6.45, 7) is 6.34. The number of rotatable bonds is 48. The smallest absolute Gasteiger partial charge is 0.306 e. The first-order valence-corrected chi connectivity index (χ1v) is 27.2. The molecule has 6 heteroatoms. The Morgan fingerprint density at radius 3 is 1.00 bits per heavy atom. The fourth-order valence-electron chi connectivity index (χ4n) is 7.27. The molecule has 0 aliphatic rings. The minimum absolute atomic E-state index is 0.105. The van der Waals surface area contributed by atoms with E-state index < -0.39 is 6.10 Å². The van der Waals surface area contributed by atoms with Crippen LogP contribution in [0, 0.1) is 0 Å². The lowest BCUT2D eigenvalue weighted by Gasteiger charge is -2.18. The molecular weight excluding hydrogens is 817 g/mol. The van der Waals surface area contributed by atoms with Crippen molar-refractivity contribution in [3.8, 4) is 0 Å². The molecule has 0 aliphatic carbocycles. The van der Waals surface area contributed by atoms with Crippen molar-refractivity contribution >= 4 is 17.9 Å². The Morgan fingerprint density at radius 1 is 0.318 bits per heavy atom. The quantitative estimate of drug-likeness (QED) is 0.0262. The molecule has 0 rings (SSSR count). The molecule has 66 heavy (non-hydrogen) atoms. The molecule has 0 aliphatic heterocycles. The molecule has 0 N–H and O–H groups in total. The van der Waals surface area contributed by atoms with Crippen LogP contribution >= 0.6 is 0 Å². The van der Waals surface area contributed by atoms with E-state index in [0.717, 1.165) is 116 Å². The molecule has 0 aromatic heterocycles. The van der Waals surface area contributed by atoms with Crippen LogP contribution in [0.1, 0.15) is 245 Å². The molecule has 0 radical (unpaired) electrons. The van der Waals surface area contributed by atoms with Gasteiger partial charge in [0.05, 0.1) is 0 Å². The third-order valence-corrected chi connectivity index (χ3v) is 11.3. The van der Waals surface area contributed by atoms with Crippen molar-refractivity contribution in [3.05, 3.63) is 97.2 Å². The van der Waals surface area contributed by atoms with E-state index in [1.54, 1.807) is 0 Å². The summed E-state index contributed by atoms with van der Waals surface area (Å²) in [5, 5.41) is 0. The maximum atomic E-state index is 12.8. The van der Waals surface area contributed by atoms with Crippen LogP contribution in [0.15, 0.2) is 97.2 Å². The lowest BCUT2D eigenvalue weighted by molar-refractivity contribution is -0.167. The van der Waals surface area contributed by atoms with Crippen LogP contribution in [0.4, 0.5) is 0 Å². The number of carbonyl (C=O) groups excluding carboxylic acids is 3. The maximum Gasteiger partial charge on any atom is 0.306 e. The van der Waals surface area contributed by atoms with Gasteiger partial charge in [-0.3, -0.25) is 14.4 Å². The van der Waals surface area contributed by atoms with Crippen molar-refractivity contribution < 1.29 is 28.6 Å². The number of allylic oxidation sites excluding steroid dienone is 16. The van der Waals surface area contributed by atoms with E-state index in [-0.39, 0.29) is 37.5 Å². The van der Waals surface area contributed by atoms with E-state index in [0.29, 0.717) is 19.3 Å². The summed E-state index contributed by atoms with van der Waals surface area (Å²) in [7, 11) is 0. The molecule has 0 fully saturated rings. The monoisotopic (exact) mass is 917 g/mol. The first-order valence-electron chi connectivity index (χ1n) is 27.2. The third kappa shape index (κ3) is 51.3.